The van der Waals surface area contributed by atoms with Crippen LogP contribution in [0, 0.1) is 0 Å². The topological polar surface area (TPSA) is 12.0 Å². The van der Waals surface area contributed by atoms with Gasteiger partial charge >= 0.3 is 0 Å². The second-order valence-electron chi connectivity index (χ2n) is 4.03. The van der Waals surface area contributed by atoms with Gasteiger partial charge < -0.3 is 5.32 Å². The Balaban J connectivity index is 2.27. The summed E-state index contributed by atoms with van der Waals surface area (Å²) < 4.78 is 0. The van der Waals surface area contributed by atoms with E-state index in [0.29, 0.717) is 5.25 Å². The maximum Gasteiger partial charge on any atom is 0.0409 e. The van der Waals surface area contributed by atoms with Crippen LogP contribution in [0.25, 0.3) is 0 Å². The normalized spacial score (nSPS) is 19.9. The van der Waals surface area contributed by atoms with Crippen molar-refractivity contribution in [2.75, 3.05) is 7.05 Å². The first kappa shape index (κ1) is 12.0. The molecule has 0 saturated heterocycles. The van der Waals surface area contributed by atoms with Gasteiger partial charge in [0.05, 0.1) is 0 Å². The molecule has 86 valence electrons. The lowest BCUT2D eigenvalue weighted by atomic mass is 10.0. The van der Waals surface area contributed by atoms with Crippen LogP contribution in [0.4, 0.5) is 0 Å². The molecule has 3 heteroatoms. The van der Waals surface area contributed by atoms with Crippen molar-refractivity contribution in [3.8, 4) is 0 Å². The molecule has 0 bridgehead atoms. The fraction of sp³-hybridized carbons (Fsp3) is 0.385. The first-order valence-electron chi connectivity index (χ1n) is 5.47. The van der Waals surface area contributed by atoms with Crippen LogP contribution in [-0.4, -0.2) is 7.05 Å². The number of hydrogen-bond donors (Lipinski definition) is 1. The largest absolute Gasteiger partial charge is 0.316 e. The van der Waals surface area contributed by atoms with Crippen molar-refractivity contribution in [1.29, 1.82) is 0 Å². The molecule has 0 radical (unpaired) electrons. The lowest BCUT2D eigenvalue weighted by Gasteiger charge is -2.15. The third-order valence-electron chi connectivity index (χ3n) is 2.77. The van der Waals surface area contributed by atoms with Crippen LogP contribution >= 0.6 is 23.4 Å². The second kappa shape index (κ2) is 5.26. The molecule has 1 aliphatic rings. The van der Waals surface area contributed by atoms with Crippen LogP contribution in [0.15, 0.2) is 29.2 Å². The maximum atomic E-state index is 6.09. The molecule has 1 aromatic carbocycles. The SMILES string of the molecule is CNCc1ccc(Cl)cc1C1CC=C(C)S1. The summed E-state index contributed by atoms with van der Waals surface area (Å²) in [7, 11) is 1.98. The van der Waals surface area contributed by atoms with Gasteiger partial charge in [-0.15, -0.1) is 11.8 Å². The Kier molecular flexibility index (Phi) is 3.95. The van der Waals surface area contributed by atoms with E-state index in [1.165, 1.54) is 16.0 Å². The summed E-state index contributed by atoms with van der Waals surface area (Å²) in [5.41, 5.74) is 2.73. The van der Waals surface area contributed by atoms with Crippen molar-refractivity contribution in [3.05, 3.63) is 45.3 Å². The van der Waals surface area contributed by atoms with E-state index in [9.17, 15) is 0 Å². The second-order valence-corrected chi connectivity index (χ2v) is 5.92. The Labute approximate surface area is 106 Å². The molecule has 1 atom stereocenters. The van der Waals surface area contributed by atoms with Gasteiger partial charge in [0.15, 0.2) is 0 Å². The van der Waals surface area contributed by atoms with Gasteiger partial charge in [-0.2, -0.15) is 0 Å². The highest BCUT2D eigenvalue weighted by Gasteiger charge is 2.20. The van der Waals surface area contributed by atoms with Gasteiger partial charge in [-0.3, -0.25) is 0 Å². The minimum Gasteiger partial charge on any atom is -0.316 e. The Morgan fingerprint density at radius 1 is 1.50 bits per heavy atom. The molecule has 1 heterocycles. The first-order valence-corrected chi connectivity index (χ1v) is 6.73. The van der Waals surface area contributed by atoms with E-state index in [1.807, 2.05) is 24.9 Å². The highest BCUT2D eigenvalue weighted by Crippen LogP contribution is 2.44. The Hall–Kier alpha value is -0.440. The van der Waals surface area contributed by atoms with Crippen molar-refractivity contribution in [2.24, 2.45) is 0 Å². The monoisotopic (exact) mass is 253 g/mol. The molecule has 0 amide bonds. The lowest BCUT2D eigenvalue weighted by Crippen LogP contribution is -2.08. The zero-order valence-electron chi connectivity index (χ0n) is 9.59. The molecule has 0 aromatic heterocycles. The van der Waals surface area contributed by atoms with Crippen molar-refractivity contribution >= 4 is 23.4 Å². The lowest BCUT2D eigenvalue weighted by molar-refractivity contribution is 0.799. The predicted molar refractivity (Wildman–Crippen MR) is 72.9 cm³/mol. The number of hydrogen-bond acceptors (Lipinski definition) is 2. The van der Waals surface area contributed by atoms with Gasteiger partial charge in [0.2, 0.25) is 0 Å². The van der Waals surface area contributed by atoms with E-state index in [2.05, 4.69) is 30.4 Å². The zero-order valence-corrected chi connectivity index (χ0v) is 11.2. The van der Waals surface area contributed by atoms with Crippen LogP contribution in [-0.2, 0) is 6.54 Å². The molecular formula is C13H16ClNS. The zero-order chi connectivity index (χ0) is 11.5. The maximum absolute atomic E-state index is 6.09. The van der Waals surface area contributed by atoms with Crippen molar-refractivity contribution in [2.45, 2.75) is 25.1 Å². The van der Waals surface area contributed by atoms with Crippen molar-refractivity contribution in [1.82, 2.24) is 5.32 Å². The van der Waals surface area contributed by atoms with Crippen LogP contribution in [0.2, 0.25) is 5.02 Å². The molecule has 0 aliphatic carbocycles. The third-order valence-corrected chi connectivity index (χ3v) is 4.27. The summed E-state index contributed by atoms with van der Waals surface area (Å²) in [6.07, 6.45) is 3.42. The predicted octanol–water partition coefficient (Wildman–Crippen LogP) is 4.14. The van der Waals surface area contributed by atoms with Crippen LogP contribution in [0.1, 0.15) is 29.7 Å². The van der Waals surface area contributed by atoms with Gasteiger partial charge in [0.25, 0.3) is 0 Å². The summed E-state index contributed by atoms with van der Waals surface area (Å²) >= 11 is 8.03. The van der Waals surface area contributed by atoms with Crippen LogP contribution < -0.4 is 5.32 Å². The summed E-state index contributed by atoms with van der Waals surface area (Å²) in [6.45, 7) is 3.08. The minimum absolute atomic E-state index is 0.544. The summed E-state index contributed by atoms with van der Waals surface area (Å²) in [6, 6.07) is 6.21. The molecule has 0 fully saturated rings. The van der Waals surface area contributed by atoms with Gasteiger partial charge in [-0.1, -0.05) is 23.7 Å². The van der Waals surface area contributed by atoms with Gasteiger partial charge in [-0.25, -0.2) is 0 Å². The average molecular weight is 254 g/mol. The number of allylic oxidation sites excluding steroid dienone is 2. The van der Waals surface area contributed by atoms with Crippen molar-refractivity contribution in [3.63, 3.8) is 0 Å². The van der Waals surface area contributed by atoms with Gasteiger partial charge in [0, 0.05) is 16.8 Å². The van der Waals surface area contributed by atoms with Gasteiger partial charge in [0.1, 0.15) is 0 Å². The smallest absolute Gasteiger partial charge is 0.0409 e. The first-order chi connectivity index (χ1) is 7.70. The summed E-state index contributed by atoms with van der Waals surface area (Å²) in [4.78, 5) is 1.42. The summed E-state index contributed by atoms with van der Waals surface area (Å²) in [5.74, 6) is 0. The van der Waals surface area contributed by atoms with Crippen molar-refractivity contribution < 1.29 is 0 Å². The van der Waals surface area contributed by atoms with E-state index in [1.54, 1.807) is 0 Å². The Bertz CT molecular complexity index is 414. The molecule has 1 N–H and O–H groups in total. The van der Waals surface area contributed by atoms with E-state index >= 15 is 0 Å². The number of nitrogens with one attached hydrogen (secondary N) is 1. The fourth-order valence-corrected chi connectivity index (χ4v) is 3.36. The Morgan fingerprint density at radius 3 is 2.94 bits per heavy atom. The van der Waals surface area contributed by atoms with E-state index in [0.717, 1.165) is 18.0 Å². The quantitative estimate of drug-likeness (QED) is 0.869. The van der Waals surface area contributed by atoms with E-state index in [4.69, 9.17) is 11.6 Å². The molecule has 1 nitrogen and oxygen atoms in total. The summed E-state index contributed by atoms with van der Waals surface area (Å²) in [5, 5.41) is 4.59. The van der Waals surface area contributed by atoms with E-state index in [-0.39, 0.29) is 0 Å². The third kappa shape index (κ3) is 2.62. The van der Waals surface area contributed by atoms with Crippen LogP contribution in [0.5, 0.6) is 0 Å². The molecular weight excluding hydrogens is 238 g/mol. The molecule has 1 aliphatic heterocycles. The highest BCUT2D eigenvalue weighted by atomic mass is 35.5. The number of rotatable bonds is 3. The molecule has 0 spiro atoms. The van der Waals surface area contributed by atoms with E-state index < -0.39 is 0 Å². The number of halogens is 1. The fourth-order valence-electron chi connectivity index (χ4n) is 2.00. The molecule has 2 rings (SSSR count). The number of benzene rings is 1. The molecule has 0 saturated carbocycles. The van der Waals surface area contributed by atoms with Crippen LogP contribution in [0.3, 0.4) is 0 Å². The minimum atomic E-state index is 0.544. The molecule has 16 heavy (non-hydrogen) atoms. The standard InChI is InChI=1S/C13H16ClNS/c1-9-3-6-13(16-9)12-7-11(14)5-4-10(12)8-15-2/h3-5,7,13,15H,6,8H2,1-2H3. The van der Waals surface area contributed by atoms with Gasteiger partial charge in [-0.05, 0) is 48.6 Å². The number of thioether (sulfide) groups is 1. The molecule has 1 aromatic rings. The highest BCUT2D eigenvalue weighted by molar-refractivity contribution is 8.03. The molecule has 1 unspecified atom stereocenters. The average Bonchev–Trinajstić information content (AvgIpc) is 2.68. The Morgan fingerprint density at radius 2 is 2.31 bits per heavy atom.